The molecule has 2 amide bonds. The summed E-state index contributed by atoms with van der Waals surface area (Å²) in [5, 5.41) is 16.8. The number of nitrogens with zero attached hydrogens (tertiary/aromatic N) is 3. The molecule has 1 aliphatic rings. The quantitative estimate of drug-likeness (QED) is 0.719. The third-order valence-electron chi connectivity index (χ3n) is 4.59. The summed E-state index contributed by atoms with van der Waals surface area (Å²) in [5.41, 5.74) is 1.43. The van der Waals surface area contributed by atoms with Crippen molar-refractivity contribution >= 4 is 17.8 Å². The smallest absolute Gasteiger partial charge is 0.407 e. The van der Waals surface area contributed by atoms with E-state index < -0.39 is 0 Å². The van der Waals surface area contributed by atoms with E-state index in [2.05, 4.69) is 25.9 Å². The molecule has 1 saturated carbocycles. The largest absolute Gasteiger partial charge is 0.446 e. The number of carbonyl (C=O) groups is 2. The number of amides is 2. The molecule has 9 heteroatoms. The predicted molar refractivity (Wildman–Crippen MR) is 99.6 cm³/mol. The number of alkyl carbamates (subject to hydrolysis) is 1. The van der Waals surface area contributed by atoms with Crippen LogP contribution < -0.4 is 10.6 Å². The third-order valence-corrected chi connectivity index (χ3v) is 4.59. The summed E-state index contributed by atoms with van der Waals surface area (Å²) in [7, 11) is 0. The number of ether oxygens (including phenoxy) is 1. The Morgan fingerprint density at radius 3 is 2.96 bits per heavy atom. The van der Waals surface area contributed by atoms with Crippen molar-refractivity contribution in [2.24, 2.45) is 0 Å². The lowest BCUT2D eigenvalue weighted by Gasteiger charge is -2.14. The molecule has 2 unspecified atom stereocenters. The SMILES string of the molecule is CCn1nccc1C(=O)Nc1cc(C2CCC(OC(=O)NC(C)C)C2)[nH]n1. The van der Waals surface area contributed by atoms with Gasteiger partial charge in [-0.25, -0.2) is 4.79 Å². The van der Waals surface area contributed by atoms with Crippen molar-refractivity contribution in [3.8, 4) is 0 Å². The first-order valence-electron chi connectivity index (χ1n) is 9.31. The van der Waals surface area contributed by atoms with Crippen LogP contribution in [0.1, 0.15) is 62.1 Å². The second-order valence-corrected chi connectivity index (χ2v) is 7.03. The van der Waals surface area contributed by atoms with E-state index in [4.69, 9.17) is 4.74 Å². The molecule has 2 aromatic heterocycles. The number of hydrogen-bond donors (Lipinski definition) is 3. The van der Waals surface area contributed by atoms with E-state index in [1.165, 1.54) is 0 Å². The Hall–Kier alpha value is -2.84. The van der Waals surface area contributed by atoms with E-state index in [9.17, 15) is 9.59 Å². The fourth-order valence-electron chi connectivity index (χ4n) is 3.32. The van der Waals surface area contributed by atoms with Crippen LogP contribution in [0.5, 0.6) is 0 Å². The van der Waals surface area contributed by atoms with Crippen LogP contribution in [0.4, 0.5) is 10.6 Å². The van der Waals surface area contributed by atoms with Gasteiger partial charge < -0.3 is 15.4 Å². The van der Waals surface area contributed by atoms with Crippen molar-refractivity contribution in [3.63, 3.8) is 0 Å². The number of carbonyl (C=O) groups excluding carboxylic acids is 2. The molecule has 0 aliphatic heterocycles. The van der Waals surface area contributed by atoms with Gasteiger partial charge in [-0.05, 0) is 46.1 Å². The number of rotatable bonds is 6. The maximum Gasteiger partial charge on any atom is 0.407 e. The van der Waals surface area contributed by atoms with Crippen molar-refractivity contribution in [1.29, 1.82) is 0 Å². The molecular formula is C18H26N6O3. The molecule has 3 N–H and O–H groups in total. The van der Waals surface area contributed by atoms with Gasteiger partial charge in [0.2, 0.25) is 0 Å². The van der Waals surface area contributed by atoms with Gasteiger partial charge in [-0.2, -0.15) is 10.2 Å². The molecule has 1 fully saturated rings. The summed E-state index contributed by atoms with van der Waals surface area (Å²) in [6.07, 6.45) is 3.58. The topological polar surface area (TPSA) is 114 Å². The molecule has 0 bridgehead atoms. The van der Waals surface area contributed by atoms with Gasteiger partial charge in [0.15, 0.2) is 5.82 Å². The molecule has 3 rings (SSSR count). The molecule has 2 atom stereocenters. The third kappa shape index (κ3) is 4.66. The van der Waals surface area contributed by atoms with Crippen LogP contribution in [-0.4, -0.2) is 44.1 Å². The molecule has 0 radical (unpaired) electrons. The van der Waals surface area contributed by atoms with Gasteiger partial charge in [-0.15, -0.1) is 0 Å². The number of anilines is 1. The van der Waals surface area contributed by atoms with Gasteiger partial charge in [0.05, 0.1) is 0 Å². The highest BCUT2D eigenvalue weighted by Gasteiger charge is 2.30. The van der Waals surface area contributed by atoms with E-state index in [0.717, 1.165) is 25.0 Å². The van der Waals surface area contributed by atoms with Crippen LogP contribution in [0.25, 0.3) is 0 Å². The highest BCUT2D eigenvalue weighted by Crippen LogP contribution is 2.35. The first kappa shape index (κ1) is 18.9. The number of hydrogen-bond acceptors (Lipinski definition) is 5. The van der Waals surface area contributed by atoms with Gasteiger partial charge in [0.1, 0.15) is 11.8 Å². The number of H-pyrrole nitrogens is 1. The summed E-state index contributed by atoms with van der Waals surface area (Å²) in [5.74, 6) is 0.451. The summed E-state index contributed by atoms with van der Waals surface area (Å²) in [6, 6.07) is 3.57. The Bertz CT molecular complexity index is 797. The van der Waals surface area contributed by atoms with Crippen molar-refractivity contribution in [1.82, 2.24) is 25.3 Å². The minimum atomic E-state index is -0.374. The average Bonchev–Trinajstić information content (AvgIpc) is 3.33. The summed E-state index contributed by atoms with van der Waals surface area (Å²) < 4.78 is 7.08. The van der Waals surface area contributed by atoms with E-state index >= 15 is 0 Å². The second kappa shape index (κ2) is 8.24. The summed E-state index contributed by atoms with van der Waals surface area (Å²) in [6.45, 7) is 6.34. The van der Waals surface area contributed by atoms with Gasteiger partial charge in [0, 0.05) is 36.5 Å². The first-order chi connectivity index (χ1) is 13.0. The van der Waals surface area contributed by atoms with Crippen molar-refractivity contribution < 1.29 is 14.3 Å². The van der Waals surface area contributed by atoms with Crippen LogP contribution in [0.15, 0.2) is 18.3 Å². The lowest BCUT2D eigenvalue weighted by Crippen LogP contribution is -2.33. The Morgan fingerprint density at radius 1 is 1.41 bits per heavy atom. The number of nitrogens with one attached hydrogen (secondary N) is 3. The molecule has 0 saturated heterocycles. The van der Waals surface area contributed by atoms with Crippen LogP contribution >= 0.6 is 0 Å². The van der Waals surface area contributed by atoms with Gasteiger partial charge in [0.25, 0.3) is 5.91 Å². The number of aromatic nitrogens is 4. The lowest BCUT2D eigenvalue weighted by atomic mass is 10.0. The average molecular weight is 374 g/mol. The Kier molecular flexibility index (Phi) is 5.78. The molecule has 0 aromatic carbocycles. The van der Waals surface area contributed by atoms with Crippen molar-refractivity contribution in [2.45, 2.75) is 64.6 Å². The zero-order chi connectivity index (χ0) is 19.4. The fraction of sp³-hybridized carbons (Fsp3) is 0.556. The van der Waals surface area contributed by atoms with Crippen molar-refractivity contribution in [2.75, 3.05) is 5.32 Å². The number of aryl methyl sites for hydroxylation is 1. The van der Waals surface area contributed by atoms with E-state index in [1.807, 2.05) is 26.8 Å². The molecule has 2 aromatic rings. The summed E-state index contributed by atoms with van der Waals surface area (Å²) in [4.78, 5) is 24.1. The van der Waals surface area contributed by atoms with Crippen LogP contribution in [-0.2, 0) is 11.3 Å². The number of aromatic amines is 1. The standard InChI is InChI=1S/C18H26N6O3/c1-4-24-15(7-8-19-24)17(25)21-16-10-14(22-23-16)12-5-6-13(9-12)27-18(26)20-11(2)3/h7-8,10-13H,4-6,9H2,1-3H3,(H,20,26)(H2,21,22,23,25). The van der Waals surface area contributed by atoms with Crippen molar-refractivity contribution in [3.05, 3.63) is 29.7 Å². The van der Waals surface area contributed by atoms with E-state index in [1.54, 1.807) is 16.9 Å². The Balaban J connectivity index is 1.55. The second-order valence-electron chi connectivity index (χ2n) is 7.03. The fourth-order valence-corrected chi connectivity index (χ4v) is 3.32. The minimum Gasteiger partial charge on any atom is -0.446 e. The Labute approximate surface area is 157 Å². The monoisotopic (exact) mass is 374 g/mol. The maximum absolute atomic E-state index is 12.4. The molecule has 146 valence electrons. The summed E-state index contributed by atoms with van der Waals surface area (Å²) >= 11 is 0. The van der Waals surface area contributed by atoms with E-state index in [0.29, 0.717) is 18.1 Å². The highest BCUT2D eigenvalue weighted by atomic mass is 16.6. The first-order valence-corrected chi connectivity index (χ1v) is 9.31. The van der Waals surface area contributed by atoms with Crippen LogP contribution in [0.2, 0.25) is 0 Å². The highest BCUT2D eigenvalue weighted by molar-refractivity contribution is 6.02. The predicted octanol–water partition coefficient (Wildman–Crippen LogP) is 2.65. The lowest BCUT2D eigenvalue weighted by molar-refractivity contribution is 0.0979. The zero-order valence-corrected chi connectivity index (χ0v) is 15.9. The Morgan fingerprint density at radius 2 is 2.22 bits per heavy atom. The molecule has 27 heavy (non-hydrogen) atoms. The zero-order valence-electron chi connectivity index (χ0n) is 15.9. The maximum atomic E-state index is 12.4. The van der Waals surface area contributed by atoms with Crippen LogP contribution in [0.3, 0.4) is 0 Å². The van der Waals surface area contributed by atoms with Gasteiger partial charge >= 0.3 is 6.09 Å². The van der Waals surface area contributed by atoms with E-state index in [-0.39, 0.29) is 30.1 Å². The molecule has 1 aliphatic carbocycles. The molecule has 2 heterocycles. The normalized spacial score (nSPS) is 19.3. The van der Waals surface area contributed by atoms with Gasteiger partial charge in [-0.1, -0.05) is 0 Å². The van der Waals surface area contributed by atoms with Gasteiger partial charge in [-0.3, -0.25) is 14.6 Å². The van der Waals surface area contributed by atoms with Crippen LogP contribution in [0, 0.1) is 0 Å². The molecule has 0 spiro atoms. The molecule has 9 nitrogen and oxygen atoms in total. The minimum absolute atomic E-state index is 0.0532. The molecular weight excluding hydrogens is 348 g/mol.